The van der Waals surface area contributed by atoms with Crippen LogP contribution in [0.5, 0.6) is 0 Å². The largest absolute Gasteiger partial charge is 0.384 e. The van der Waals surface area contributed by atoms with E-state index in [1.54, 1.807) is 63.2 Å². The van der Waals surface area contributed by atoms with Gasteiger partial charge >= 0.3 is 6.03 Å². The molecule has 0 aliphatic carbocycles. The number of nitrogens with one attached hydrogen (secondary N) is 2. The first kappa shape index (κ1) is 42.0. The summed E-state index contributed by atoms with van der Waals surface area (Å²) in [6, 6.07) is 11.5. The first-order valence-corrected chi connectivity index (χ1v) is 20.5. The molecule has 2 aromatic rings. The van der Waals surface area contributed by atoms with Crippen molar-refractivity contribution in [2.45, 2.75) is 123 Å². The number of rotatable bonds is 22. The average molecular weight is 745 g/mol. The van der Waals surface area contributed by atoms with E-state index in [1.807, 2.05) is 13.0 Å². The lowest BCUT2D eigenvalue weighted by Crippen LogP contribution is -2.54. The summed E-state index contributed by atoms with van der Waals surface area (Å²) in [5.74, 6) is -1.70. The molecule has 2 atom stereocenters. The van der Waals surface area contributed by atoms with Gasteiger partial charge in [-0.3, -0.25) is 24.2 Å². The lowest BCUT2D eigenvalue weighted by Gasteiger charge is -2.30. The zero-order valence-electron chi connectivity index (χ0n) is 31.0. The molecule has 12 heteroatoms. The smallest absolute Gasteiger partial charge is 0.328 e. The molecule has 1 fully saturated rings. The molecule has 2 unspecified atom stereocenters. The molecule has 2 aromatic carbocycles. The van der Waals surface area contributed by atoms with Gasteiger partial charge in [0.2, 0.25) is 0 Å². The maximum Gasteiger partial charge on any atom is 0.328 e. The van der Waals surface area contributed by atoms with Crippen LogP contribution in [0, 0.1) is 5.41 Å². The zero-order valence-corrected chi connectivity index (χ0v) is 32.6. The van der Waals surface area contributed by atoms with Gasteiger partial charge in [0.1, 0.15) is 6.54 Å². The maximum absolute atomic E-state index is 13.8. The number of sulfone groups is 1. The molecule has 10 nitrogen and oxygen atoms in total. The Balaban J connectivity index is 1.64. The predicted octanol–water partition coefficient (Wildman–Crippen LogP) is 8.25. The summed E-state index contributed by atoms with van der Waals surface area (Å²) < 4.78 is 26.4. The fourth-order valence-corrected chi connectivity index (χ4v) is 8.09. The van der Waals surface area contributed by atoms with E-state index in [2.05, 4.69) is 17.6 Å². The Morgan fingerprint density at radius 3 is 2.08 bits per heavy atom. The number of Topliss-reactive ketones (excluding diaryl/α,β-unsaturated/α-hetero) is 1. The molecule has 3 rings (SSSR count). The van der Waals surface area contributed by atoms with Crippen molar-refractivity contribution >= 4 is 56.4 Å². The summed E-state index contributed by atoms with van der Waals surface area (Å²) in [7, 11) is -3.33. The van der Waals surface area contributed by atoms with Crippen LogP contribution in [-0.4, -0.2) is 72.0 Å². The summed E-state index contributed by atoms with van der Waals surface area (Å²) in [5.41, 5.74) is 0.429. The average Bonchev–Trinajstić information content (AvgIpc) is 3.35. The highest BCUT2D eigenvalue weighted by Gasteiger charge is 2.48. The molecule has 2 N–H and O–H groups in total. The maximum atomic E-state index is 13.8. The summed E-state index contributed by atoms with van der Waals surface area (Å²) in [5, 5.41) is 5.48. The number of urea groups is 1. The second-order valence-corrected chi connectivity index (χ2v) is 17.3. The standard InChI is InChI=1S/C39H57ClN4O6S/c1-6-8-9-10-11-12-13-14-15-19-24-51(49,50)31(7-2)26-41-30-22-23-32(40)33(25-30)42-37(47)35(36(46)39(3,4)5)44-28-34(45)43(38(44)48)27-29-20-17-16-18-21-29/h16-18,20-23,25,31,35,41H,6-15,19,24,26-28H2,1-5H3,(H,42,47). The topological polar surface area (TPSA) is 133 Å². The molecule has 0 bridgehead atoms. The second kappa shape index (κ2) is 20.0. The zero-order chi connectivity index (χ0) is 37.6. The SMILES string of the molecule is CCCCCCCCCCCCS(=O)(=O)C(CC)CNc1ccc(Cl)c(NC(=O)C(C(=O)C(C)(C)C)N2CC(=O)N(Cc3ccccc3)C2=O)c1. The molecular weight excluding hydrogens is 688 g/mol. The minimum Gasteiger partial charge on any atom is -0.384 e. The third kappa shape index (κ3) is 12.6. The van der Waals surface area contributed by atoms with Gasteiger partial charge in [-0.1, -0.05) is 134 Å². The van der Waals surface area contributed by atoms with Crippen LogP contribution in [0.3, 0.4) is 0 Å². The van der Waals surface area contributed by atoms with Gasteiger partial charge in [-0.15, -0.1) is 0 Å². The van der Waals surface area contributed by atoms with E-state index in [0.29, 0.717) is 18.5 Å². The van der Waals surface area contributed by atoms with Gasteiger partial charge in [0.25, 0.3) is 11.8 Å². The van der Waals surface area contributed by atoms with Gasteiger partial charge in [-0.25, -0.2) is 13.2 Å². The molecule has 282 valence electrons. The summed E-state index contributed by atoms with van der Waals surface area (Å²) >= 11 is 6.47. The van der Waals surface area contributed by atoms with E-state index in [-0.39, 0.29) is 29.6 Å². The summed E-state index contributed by atoms with van der Waals surface area (Å²) in [6.07, 6.45) is 11.8. The molecule has 1 aliphatic rings. The van der Waals surface area contributed by atoms with Gasteiger partial charge < -0.3 is 10.6 Å². The van der Waals surface area contributed by atoms with Crippen LogP contribution in [0.4, 0.5) is 16.2 Å². The molecule has 1 aliphatic heterocycles. The van der Waals surface area contributed by atoms with Crippen LogP contribution < -0.4 is 10.6 Å². The van der Waals surface area contributed by atoms with Gasteiger partial charge in [0, 0.05) is 17.6 Å². The number of hydrogen-bond donors (Lipinski definition) is 2. The lowest BCUT2D eigenvalue weighted by atomic mass is 9.85. The number of nitrogens with zero attached hydrogens (tertiary/aromatic N) is 2. The van der Waals surface area contributed by atoms with E-state index < -0.39 is 56.7 Å². The van der Waals surface area contributed by atoms with Crippen molar-refractivity contribution in [2.24, 2.45) is 5.41 Å². The van der Waals surface area contributed by atoms with Crippen LogP contribution in [0.25, 0.3) is 0 Å². The van der Waals surface area contributed by atoms with Gasteiger partial charge in [0.15, 0.2) is 21.7 Å². The Bertz CT molecular complexity index is 1580. The predicted molar refractivity (Wildman–Crippen MR) is 206 cm³/mol. The van der Waals surface area contributed by atoms with Crippen LogP contribution in [0.1, 0.15) is 111 Å². The Labute approximate surface area is 310 Å². The quantitative estimate of drug-likeness (QED) is 0.0705. The molecular formula is C39H57ClN4O6S. The number of imide groups is 1. The minimum absolute atomic E-state index is 0.0142. The number of amides is 4. The second-order valence-electron chi connectivity index (χ2n) is 14.5. The van der Waals surface area contributed by atoms with Crippen molar-refractivity contribution < 1.29 is 27.6 Å². The number of halogens is 1. The van der Waals surface area contributed by atoms with Gasteiger partial charge in [-0.2, -0.15) is 0 Å². The molecule has 0 saturated carbocycles. The van der Waals surface area contributed by atoms with Crippen LogP contribution in [0.15, 0.2) is 48.5 Å². The van der Waals surface area contributed by atoms with Crippen LogP contribution >= 0.6 is 11.6 Å². The fraction of sp³-hybridized carbons (Fsp3) is 0.590. The molecule has 1 saturated heterocycles. The molecule has 51 heavy (non-hydrogen) atoms. The highest BCUT2D eigenvalue weighted by atomic mass is 35.5. The van der Waals surface area contributed by atoms with Crippen molar-refractivity contribution in [1.29, 1.82) is 0 Å². The number of hydrogen-bond acceptors (Lipinski definition) is 7. The summed E-state index contributed by atoms with van der Waals surface area (Å²) in [4.78, 5) is 56.0. The van der Waals surface area contributed by atoms with Crippen molar-refractivity contribution in [3.05, 3.63) is 59.1 Å². The molecule has 1 heterocycles. The lowest BCUT2D eigenvalue weighted by molar-refractivity contribution is -0.136. The number of ketones is 1. The molecule has 0 spiro atoms. The first-order valence-electron chi connectivity index (χ1n) is 18.4. The monoisotopic (exact) mass is 744 g/mol. The Hall–Kier alpha value is -3.44. The highest BCUT2D eigenvalue weighted by Crippen LogP contribution is 2.29. The molecule has 0 aromatic heterocycles. The van der Waals surface area contributed by atoms with Crippen molar-refractivity contribution in [3.63, 3.8) is 0 Å². The Morgan fingerprint density at radius 1 is 0.882 bits per heavy atom. The number of benzene rings is 2. The normalized spacial score (nSPS) is 14.9. The van der Waals surface area contributed by atoms with Crippen molar-refractivity contribution in [3.8, 4) is 0 Å². The number of carbonyl (C=O) groups excluding carboxylic acids is 4. The van der Waals surface area contributed by atoms with Crippen LogP contribution in [-0.2, 0) is 30.8 Å². The number of carbonyl (C=O) groups is 4. The summed E-state index contributed by atoms with van der Waals surface area (Å²) in [6.45, 7) is 8.77. The van der Waals surface area contributed by atoms with E-state index in [9.17, 15) is 27.6 Å². The van der Waals surface area contributed by atoms with Gasteiger partial charge in [-0.05, 0) is 36.6 Å². The van der Waals surface area contributed by atoms with Crippen LogP contribution in [0.2, 0.25) is 5.02 Å². The number of anilines is 2. The number of unbranched alkanes of at least 4 members (excludes halogenated alkanes) is 9. The van der Waals surface area contributed by atoms with E-state index in [0.717, 1.165) is 34.6 Å². The van der Waals surface area contributed by atoms with E-state index in [1.165, 1.54) is 38.5 Å². The molecule has 0 radical (unpaired) electrons. The van der Waals surface area contributed by atoms with E-state index in [4.69, 9.17) is 11.6 Å². The third-order valence-electron chi connectivity index (χ3n) is 9.32. The third-order valence-corrected chi connectivity index (χ3v) is 12.0. The first-order chi connectivity index (χ1) is 24.2. The Morgan fingerprint density at radius 2 is 1.49 bits per heavy atom. The van der Waals surface area contributed by atoms with E-state index >= 15 is 0 Å². The Kier molecular flexibility index (Phi) is 16.4. The highest BCUT2D eigenvalue weighted by molar-refractivity contribution is 7.92. The molecule has 4 amide bonds. The van der Waals surface area contributed by atoms with Gasteiger partial charge in [0.05, 0.1) is 28.3 Å². The van der Waals surface area contributed by atoms with Crippen molar-refractivity contribution in [1.82, 2.24) is 9.80 Å². The fourth-order valence-electron chi connectivity index (χ4n) is 6.14. The van der Waals surface area contributed by atoms with Crippen molar-refractivity contribution in [2.75, 3.05) is 29.5 Å². The minimum atomic E-state index is -3.33.